The van der Waals surface area contributed by atoms with Gasteiger partial charge in [0, 0.05) is 17.7 Å². The first-order valence-electron chi connectivity index (χ1n) is 4.70. The van der Waals surface area contributed by atoms with Crippen molar-refractivity contribution in [2.24, 2.45) is 0 Å². The lowest BCUT2D eigenvalue weighted by molar-refractivity contribution is -0.135. The number of ether oxygens (including phenoxy) is 2. The van der Waals surface area contributed by atoms with E-state index in [1.165, 1.54) is 7.11 Å². The molecule has 1 aromatic rings. The molecule has 4 heteroatoms. The number of carbonyl (C=O) groups excluding carboxylic acids is 2. The molecule has 17 heavy (non-hydrogen) atoms. The second-order valence-electron chi connectivity index (χ2n) is 2.95. The summed E-state index contributed by atoms with van der Waals surface area (Å²) in [7, 11) is 1.22. The Kier molecular flexibility index (Phi) is 4.52. The van der Waals surface area contributed by atoms with Crippen LogP contribution in [-0.2, 0) is 14.3 Å². The first kappa shape index (κ1) is 12.5. The predicted octanol–water partition coefficient (Wildman–Crippen LogP) is 1.30. The molecular formula is C13H10O4. The molecule has 86 valence electrons. The van der Waals surface area contributed by atoms with Gasteiger partial charge in [-0.15, -0.1) is 6.42 Å². The Morgan fingerprint density at radius 2 is 1.76 bits per heavy atom. The number of rotatable bonds is 3. The highest BCUT2D eigenvalue weighted by molar-refractivity contribution is 5.92. The Labute approximate surface area is 98.8 Å². The minimum atomic E-state index is -0.663. The van der Waals surface area contributed by atoms with Crippen molar-refractivity contribution in [2.45, 2.75) is 0 Å². The first-order chi connectivity index (χ1) is 8.15. The van der Waals surface area contributed by atoms with E-state index in [1.807, 2.05) is 0 Å². The SMILES string of the molecule is C#Cc1ccc(OC(=O)/C=C\C(=O)OC)cc1. The number of carbonyl (C=O) groups is 2. The van der Waals surface area contributed by atoms with Gasteiger partial charge < -0.3 is 9.47 Å². The zero-order valence-corrected chi connectivity index (χ0v) is 9.17. The lowest BCUT2D eigenvalue weighted by Crippen LogP contribution is -2.05. The number of terminal acetylenes is 1. The number of esters is 2. The quantitative estimate of drug-likeness (QED) is 0.340. The van der Waals surface area contributed by atoms with E-state index in [1.54, 1.807) is 24.3 Å². The van der Waals surface area contributed by atoms with Gasteiger partial charge in [-0.3, -0.25) is 0 Å². The maximum atomic E-state index is 11.2. The summed E-state index contributed by atoms with van der Waals surface area (Å²) in [6, 6.07) is 6.43. The summed E-state index contributed by atoms with van der Waals surface area (Å²) < 4.78 is 9.23. The molecule has 0 bridgehead atoms. The molecule has 1 aromatic carbocycles. The van der Waals surface area contributed by atoms with Gasteiger partial charge in [0.05, 0.1) is 7.11 Å². The zero-order chi connectivity index (χ0) is 12.7. The predicted molar refractivity (Wildman–Crippen MR) is 61.2 cm³/mol. The zero-order valence-electron chi connectivity index (χ0n) is 9.17. The number of methoxy groups -OCH3 is 1. The van der Waals surface area contributed by atoms with Gasteiger partial charge in [-0.2, -0.15) is 0 Å². The van der Waals surface area contributed by atoms with E-state index in [9.17, 15) is 9.59 Å². The maximum Gasteiger partial charge on any atom is 0.336 e. The molecule has 0 heterocycles. The van der Waals surface area contributed by atoms with Crippen LogP contribution in [0.5, 0.6) is 5.75 Å². The summed E-state index contributed by atoms with van der Waals surface area (Å²) >= 11 is 0. The molecule has 0 aliphatic heterocycles. The van der Waals surface area contributed by atoms with Gasteiger partial charge >= 0.3 is 11.9 Å². The maximum absolute atomic E-state index is 11.2. The third-order valence-electron chi connectivity index (χ3n) is 1.80. The van der Waals surface area contributed by atoms with Crippen LogP contribution in [0.15, 0.2) is 36.4 Å². The van der Waals surface area contributed by atoms with Crippen LogP contribution in [0.25, 0.3) is 0 Å². The lowest BCUT2D eigenvalue weighted by atomic mass is 10.2. The largest absolute Gasteiger partial charge is 0.466 e. The molecule has 0 atom stereocenters. The molecule has 0 unspecified atom stereocenters. The van der Waals surface area contributed by atoms with Crippen LogP contribution in [0.3, 0.4) is 0 Å². The number of hydrogen-bond donors (Lipinski definition) is 0. The fraction of sp³-hybridized carbons (Fsp3) is 0.0769. The van der Waals surface area contributed by atoms with Crippen molar-refractivity contribution in [2.75, 3.05) is 7.11 Å². The molecule has 0 amide bonds. The van der Waals surface area contributed by atoms with E-state index >= 15 is 0 Å². The minimum Gasteiger partial charge on any atom is -0.466 e. The molecule has 0 aromatic heterocycles. The summed E-state index contributed by atoms with van der Waals surface area (Å²) in [5.74, 6) is 1.51. The third-order valence-corrected chi connectivity index (χ3v) is 1.80. The van der Waals surface area contributed by atoms with Gasteiger partial charge in [0.25, 0.3) is 0 Å². The second kappa shape index (κ2) is 6.13. The fourth-order valence-corrected chi connectivity index (χ4v) is 0.974. The average molecular weight is 230 g/mol. The van der Waals surface area contributed by atoms with Crippen LogP contribution in [0, 0.1) is 12.3 Å². The molecule has 0 radical (unpaired) electrons. The smallest absolute Gasteiger partial charge is 0.336 e. The molecule has 1 rings (SSSR count). The highest BCUT2D eigenvalue weighted by atomic mass is 16.5. The van der Waals surface area contributed by atoms with Gasteiger partial charge in [0.2, 0.25) is 0 Å². The summed E-state index contributed by atoms with van der Waals surface area (Å²) in [5.41, 5.74) is 0.690. The Balaban J connectivity index is 2.59. The van der Waals surface area contributed by atoms with E-state index in [2.05, 4.69) is 10.7 Å². The standard InChI is InChI=1S/C13H10O4/c1-3-10-4-6-11(7-5-10)17-13(15)9-8-12(14)16-2/h1,4-9H,2H3/b9-8-. The van der Waals surface area contributed by atoms with Crippen molar-refractivity contribution < 1.29 is 19.1 Å². The fourth-order valence-electron chi connectivity index (χ4n) is 0.974. The van der Waals surface area contributed by atoms with Crippen LogP contribution in [0.2, 0.25) is 0 Å². The molecule has 0 saturated carbocycles. The lowest BCUT2D eigenvalue weighted by Gasteiger charge is -2.00. The Morgan fingerprint density at radius 3 is 2.29 bits per heavy atom. The monoisotopic (exact) mass is 230 g/mol. The summed E-state index contributed by atoms with van der Waals surface area (Å²) in [6.45, 7) is 0. The van der Waals surface area contributed by atoms with Crippen LogP contribution < -0.4 is 4.74 Å². The normalized spacial score (nSPS) is 9.65. The van der Waals surface area contributed by atoms with Gasteiger partial charge in [0.1, 0.15) is 5.75 Å². The number of benzene rings is 1. The van der Waals surface area contributed by atoms with Crippen LogP contribution >= 0.6 is 0 Å². The minimum absolute atomic E-state index is 0.350. The summed E-state index contributed by atoms with van der Waals surface area (Å²) in [4.78, 5) is 21.9. The summed E-state index contributed by atoms with van der Waals surface area (Å²) in [6.07, 6.45) is 7.15. The topological polar surface area (TPSA) is 52.6 Å². The first-order valence-corrected chi connectivity index (χ1v) is 4.70. The molecule has 0 aliphatic rings. The van der Waals surface area contributed by atoms with E-state index < -0.39 is 11.9 Å². The van der Waals surface area contributed by atoms with Crippen molar-refractivity contribution in [3.05, 3.63) is 42.0 Å². The van der Waals surface area contributed by atoms with Gasteiger partial charge in [-0.25, -0.2) is 9.59 Å². The molecule has 0 aliphatic carbocycles. The highest BCUT2D eigenvalue weighted by Crippen LogP contribution is 2.11. The number of hydrogen-bond acceptors (Lipinski definition) is 4. The van der Waals surface area contributed by atoms with E-state index in [-0.39, 0.29) is 0 Å². The Bertz CT molecular complexity index is 477. The van der Waals surface area contributed by atoms with Crippen LogP contribution in [0.1, 0.15) is 5.56 Å². The molecule has 0 fully saturated rings. The Morgan fingerprint density at radius 1 is 1.18 bits per heavy atom. The molecule has 0 spiro atoms. The van der Waals surface area contributed by atoms with E-state index in [4.69, 9.17) is 11.2 Å². The third kappa shape index (κ3) is 4.22. The second-order valence-corrected chi connectivity index (χ2v) is 2.95. The van der Waals surface area contributed by atoms with E-state index in [0.717, 1.165) is 12.2 Å². The van der Waals surface area contributed by atoms with E-state index in [0.29, 0.717) is 11.3 Å². The van der Waals surface area contributed by atoms with Crippen LogP contribution in [0.4, 0.5) is 0 Å². The van der Waals surface area contributed by atoms with Gasteiger partial charge in [0.15, 0.2) is 0 Å². The summed E-state index contributed by atoms with van der Waals surface area (Å²) in [5, 5.41) is 0. The van der Waals surface area contributed by atoms with Gasteiger partial charge in [-0.1, -0.05) is 5.92 Å². The molecule has 4 nitrogen and oxygen atoms in total. The molecular weight excluding hydrogens is 220 g/mol. The van der Waals surface area contributed by atoms with Gasteiger partial charge in [-0.05, 0) is 24.3 Å². The van der Waals surface area contributed by atoms with Crippen molar-refractivity contribution in [3.8, 4) is 18.1 Å². The molecule has 0 saturated heterocycles. The molecule has 0 N–H and O–H groups in total. The van der Waals surface area contributed by atoms with Crippen molar-refractivity contribution in [1.29, 1.82) is 0 Å². The van der Waals surface area contributed by atoms with Crippen LogP contribution in [-0.4, -0.2) is 19.0 Å². The van der Waals surface area contributed by atoms with Crippen molar-refractivity contribution in [1.82, 2.24) is 0 Å². The van der Waals surface area contributed by atoms with Crippen molar-refractivity contribution >= 4 is 11.9 Å². The average Bonchev–Trinajstić information content (AvgIpc) is 2.36. The highest BCUT2D eigenvalue weighted by Gasteiger charge is 2.01. The van der Waals surface area contributed by atoms with Crippen molar-refractivity contribution in [3.63, 3.8) is 0 Å². The Hall–Kier alpha value is -2.54.